The molecule has 0 spiro atoms. The van der Waals surface area contributed by atoms with Crippen LogP contribution in [-0.4, -0.2) is 67.1 Å². The van der Waals surface area contributed by atoms with Gasteiger partial charge in [-0.25, -0.2) is 12.8 Å². The summed E-state index contributed by atoms with van der Waals surface area (Å²) in [4.78, 5) is 28.4. The topological polar surface area (TPSA) is 91.1 Å². The summed E-state index contributed by atoms with van der Waals surface area (Å²) >= 11 is 0. The summed E-state index contributed by atoms with van der Waals surface area (Å²) in [6.07, 6.45) is 1.69. The van der Waals surface area contributed by atoms with Crippen molar-refractivity contribution in [1.82, 2.24) is 14.1 Å². The average molecular weight is 435 g/mol. The second-order valence-corrected chi connectivity index (χ2v) is 9.38. The zero-order valence-electron chi connectivity index (χ0n) is 16.2. The van der Waals surface area contributed by atoms with Gasteiger partial charge in [0.2, 0.25) is 21.8 Å². The van der Waals surface area contributed by atoms with Crippen molar-refractivity contribution in [3.05, 3.63) is 54.2 Å². The van der Waals surface area contributed by atoms with Gasteiger partial charge >= 0.3 is 0 Å². The largest absolute Gasteiger partial charge is 0.467 e. The molecule has 4 rings (SSSR count). The van der Waals surface area contributed by atoms with Gasteiger partial charge in [0, 0.05) is 39.1 Å². The fourth-order valence-corrected chi connectivity index (χ4v) is 5.27. The van der Waals surface area contributed by atoms with Gasteiger partial charge in [-0.2, -0.15) is 4.31 Å². The van der Waals surface area contributed by atoms with Crippen LogP contribution in [0.2, 0.25) is 0 Å². The maximum atomic E-state index is 13.1. The first kappa shape index (κ1) is 20.5. The summed E-state index contributed by atoms with van der Waals surface area (Å²) < 4.78 is 45.1. The number of hydrogen-bond acceptors (Lipinski definition) is 5. The maximum absolute atomic E-state index is 13.1. The number of carbonyl (C=O) groups excluding carboxylic acids is 2. The number of carbonyl (C=O) groups is 2. The van der Waals surface area contributed by atoms with E-state index in [9.17, 15) is 22.4 Å². The molecule has 2 aliphatic heterocycles. The van der Waals surface area contributed by atoms with Crippen LogP contribution in [0.1, 0.15) is 12.2 Å². The van der Waals surface area contributed by atoms with Crippen LogP contribution in [0.4, 0.5) is 4.39 Å². The highest BCUT2D eigenvalue weighted by atomic mass is 32.2. The molecule has 0 aliphatic carbocycles. The molecule has 1 aromatic heterocycles. The molecule has 2 fully saturated rings. The number of furan rings is 1. The lowest BCUT2D eigenvalue weighted by molar-refractivity contribution is -0.137. The minimum Gasteiger partial charge on any atom is -0.467 e. The molecule has 0 radical (unpaired) electrons. The summed E-state index contributed by atoms with van der Waals surface area (Å²) in [6.45, 7) is 1.47. The second-order valence-electron chi connectivity index (χ2n) is 7.44. The number of rotatable bonds is 5. The fraction of sp³-hybridized carbons (Fsp3) is 0.400. The predicted octanol–water partition coefficient (Wildman–Crippen LogP) is 1.30. The lowest BCUT2D eigenvalue weighted by Gasteiger charge is -2.35. The molecular weight excluding hydrogens is 413 g/mol. The minimum atomic E-state index is -3.74. The van der Waals surface area contributed by atoms with E-state index in [2.05, 4.69) is 0 Å². The number of hydrogen-bond donors (Lipinski definition) is 0. The van der Waals surface area contributed by atoms with Gasteiger partial charge in [0.05, 0.1) is 23.6 Å². The van der Waals surface area contributed by atoms with Gasteiger partial charge in [-0.15, -0.1) is 0 Å². The van der Waals surface area contributed by atoms with Crippen LogP contribution in [0, 0.1) is 11.7 Å². The van der Waals surface area contributed by atoms with E-state index in [1.54, 1.807) is 21.9 Å². The van der Waals surface area contributed by atoms with E-state index in [-0.39, 0.29) is 49.3 Å². The van der Waals surface area contributed by atoms with Crippen molar-refractivity contribution in [2.75, 3.05) is 32.7 Å². The van der Waals surface area contributed by atoms with Crippen LogP contribution in [-0.2, 0) is 26.2 Å². The molecule has 30 heavy (non-hydrogen) atoms. The maximum Gasteiger partial charge on any atom is 0.243 e. The summed E-state index contributed by atoms with van der Waals surface area (Å²) in [5.74, 6) is -0.508. The number of amides is 2. The van der Waals surface area contributed by atoms with E-state index in [0.29, 0.717) is 18.8 Å². The average Bonchev–Trinajstić information content (AvgIpc) is 3.38. The molecule has 2 aliphatic rings. The Bertz CT molecular complexity index is 1020. The lowest BCUT2D eigenvalue weighted by Crippen LogP contribution is -2.52. The van der Waals surface area contributed by atoms with Crippen molar-refractivity contribution >= 4 is 21.8 Å². The molecule has 10 heteroatoms. The Kier molecular flexibility index (Phi) is 5.61. The molecule has 3 heterocycles. The van der Waals surface area contributed by atoms with Crippen molar-refractivity contribution in [2.45, 2.75) is 17.9 Å². The Labute approximate surface area is 173 Å². The Balaban J connectivity index is 1.34. The second kappa shape index (κ2) is 8.19. The normalized spacial score (nSPS) is 20.7. The van der Waals surface area contributed by atoms with Crippen LogP contribution in [0.25, 0.3) is 0 Å². The molecule has 160 valence electrons. The molecular formula is C20H22FN3O5S. The van der Waals surface area contributed by atoms with Crippen LogP contribution < -0.4 is 0 Å². The monoisotopic (exact) mass is 435 g/mol. The van der Waals surface area contributed by atoms with Gasteiger partial charge in [0.1, 0.15) is 11.6 Å². The van der Waals surface area contributed by atoms with Gasteiger partial charge in [-0.1, -0.05) is 0 Å². The van der Waals surface area contributed by atoms with Crippen molar-refractivity contribution in [3.63, 3.8) is 0 Å². The Morgan fingerprint density at radius 1 is 1.10 bits per heavy atom. The van der Waals surface area contributed by atoms with Crippen molar-refractivity contribution in [3.8, 4) is 0 Å². The van der Waals surface area contributed by atoms with Crippen LogP contribution in [0.3, 0.4) is 0 Å². The number of piperazine rings is 1. The SMILES string of the molecule is O=C1CC(C(=O)N2CCN(S(=O)(=O)c3ccc(F)cc3)CC2)CN1Cc1ccco1. The summed E-state index contributed by atoms with van der Waals surface area (Å²) in [6, 6.07) is 8.22. The minimum absolute atomic E-state index is 0.0265. The van der Waals surface area contributed by atoms with Gasteiger partial charge in [-0.05, 0) is 36.4 Å². The molecule has 1 unspecified atom stereocenters. The third-order valence-corrected chi connectivity index (χ3v) is 7.41. The quantitative estimate of drug-likeness (QED) is 0.706. The van der Waals surface area contributed by atoms with Gasteiger partial charge in [0.25, 0.3) is 0 Å². The Morgan fingerprint density at radius 2 is 1.80 bits per heavy atom. The van der Waals surface area contributed by atoms with E-state index in [4.69, 9.17) is 4.42 Å². The Hall–Kier alpha value is -2.72. The highest BCUT2D eigenvalue weighted by Gasteiger charge is 2.38. The lowest BCUT2D eigenvalue weighted by atomic mass is 10.1. The Morgan fingerprint density at radius 3 is 2.43 bits per heavy atom. The van der Waals surface area contributed by atoms with E-state index in [1.165, 1.54) is 22.7 Å². The first-order valence-corrected chi connectivity index (χ1v) is 11.1. The molecule has 2 saturated heterocycles. The standard InChI is InChI=1S/C20H22FN3O5S/c21-16-3-5-18(6-4-16)30(27,28)24-9-7-22(8-10-24)20(26)15-12-19(25)23(13-15)14-17-2-1-11-29-17/h1-6,11,15H,7-10,12-14H2. The number of nitrogens with zero attached hydrogens (tertiary/aromatic N) is 3. The van der Waals surface area contributed by atoms with Crippen molar-refractivity contribution < 1.29 is 26.8 Å². The van der Waals surface area contributed by atoms with Gasteiger partial charge in [-0.3, -0.25) is 9.59 Å². The zero-order chi connectivity index (χ0) is 21.3. The van der Waals surface area contributed by atoms with Crippen molar-refractivity contribution in [2.24, 2.45) is 5.92 Å². The summed E-state index contributed by atoms with van der Waals surface area (Å²) in [5.41, 5.74) is 0. The molecule has 0 N–H and O–H groups in total. The first-order chi connectivity index (χ1) is 14.3. The van der Waals surface area contributed by atoms with E-state index in [1.807, 2.05) is 0 Å². The highest BCUT2D eigenvalue weighted by molar-refractivity contribution is 7.89. The molecule has 0 saturated carbocycles. The summed E-state index contributed by atoms with van der Waals surface area (Å²) in [7, 11) is -3.74. The molecule has 0 bridgehead atoms. The first-order valence-electron chi connectivity index (χ1n) is 9.69. The smallest absolute Gasteiger partial charge is 0.243 e. The molecule has 8 nitrogen and oxygen atoms in total. The predicted molar refractivity (Wildman–Crippen MR) is 104 cm³/mol. The molecule has 2 aromatic rings. The zero-order valence-corrected chi connectivity index (χ0v) is 17.1. The van der Waals surface area contributed by atoms with Gasteiger partial charge < -0.3 is 14.2 Å². The number of benzene rings is 1. The molecule has 2 amide bonds. The molecule has 1 aromatic carbocycles. The van der Waals surface area contributed by atoms with Crippen LogP contribution in [0.5, 0.6) is 0 Å². The highest BCUT2D eigenvalue weighted by Crippen LogP contribution is 2.24. The number of halogens is 1. The molecule has 1 atom stereocenters. The van der Waals surface area contributed by atoms with E-state index >= 15 is 0 Å². The third-order valence-electron chi connectivity index (χ3n) is 5.49. The van der Waals surface area contributed by atoms with Crippen molar-refractivity contribution in [1.29, 1.82) is 0 Å². The van der Waals surface area contributed by atoms with Crippen LogP contribution >= 0.6 is 0 Å². The van der Waals surface area contributed by atoms with Crippen LogP contribution in [0.15, 0.2) is 52.0 Å². The number of sulfonamides is 1. The number of likely N-dealkylation sites (tertiary alicyclic amines) is 1. The van der Waals surface area contributed by atoms with E-state index in [0.717, 1.165) is 12.1 Å². The van der Waals surface area contributed by atoms with E-state index < -0.39 is 21.8 Å². The summed E-state index contributed by atoms with van der Waals surface area (Å²) in [5, 5.41) is 0. The fourth-order valence-electron chi connectivity index (χ4n) is 3.84. The third kappa shape index (κ3) is 4.10. The van der Waals surface area contributed by atoms with Gasteiger partial charge in [0.15, 0.2) is 0 Å².